The van der Waals surface area contributed by atoms with E-state index in [2.05, 4.69) is 4.98 Å². The molecule has 1 saturated carbocycles. The molecule has 1 aromatic carbocycles. The molecule has 4 nitrogen and oxygen atoms in total. The Morgan fingerprint density at radius 3 is 2.90 bits per heavy atom. The second-order valence-electron chi connectivity index (χ2n) is 5.35. The van der Waals surface area contributed by atoms with Gasteiger partial charge in [-0.1, -0.05) is 18.2 Å². The number of aromatic nitrogens is 2. The Hall–Kier alpha value is -2.17. The number of carboxylic acid groups (broad SMARTS) is 1. The molecule has 1 heterocycles. The van der Waals surface area contributed by atoms with Gasteiger partial charge in [0.25, 0.3) is 0 Å². The fraction of sp³-hybridized carbons (Fsp3) is 0.333. The Kier molecular flexibility index (Phi) is 3.04. The van der Waals surface area contributed by atoms with E-state index in [1.165, 1.54) is 12.5 Å². The molecule has 2 atom stereocenters. The predicted molar refractivity (Wildman–Crippen MR) is 70.9 cm³/mol. The van der Waals surface area contributed by atoms with Crippen LogP contribution in [-0.4, -0.2) is 20.6 Å². The molecule has 0 radical (unpaired) electrons. The van der Waals surface area contributed by atoms with Crippen LogP contribution in [0.5, 0.6) is 0 Å². The summed E-state index contributed by atoms with van der Waals surface area (Å²) in [6, 6.07) is 5.99. The van der Waals surface area contributed by atoms with Crippen molar-refractivity contribution in [3.05, 3.63) is 53.4 Å². The van der Waals surface area contributed by atoms with Crippen LogP contribution in [0.3, 0.4) is 0 Å². The number of aryl methyl sites for hydroxylation is 1. The zero-order chi connectivity index (χ0) is 14.3. The van der Waals surface area contributed by atoms with E-state index < -0.39 is 11.9 Å². The molecule has 0 amide bonds. The minimum Gasteiger partial charge on any atom is -0.481 e. The maximum absolute atomic E-state index is 12.8. The highest BCUT2D eigenvalue weighted by atomic mass is 19.1. The monoisotopic (exact) mass is 274 g/mol. The van der Waals surface area contributed by atoms with Crippen LogP contribution in [0.25, 0.3) is 0 Å². The lowest BCUT2D eigenvalue weighted by Crippen LogP contribution is -2.01. The lowest BCUT2D eigenvalue weighted by atomic mass is 10.0. The van der Waals surface area contributed by atoms with E-state index in [-0.39, 0.29) is 11.8 Å². The van der Waals surface area contributed by atoms with Gasteiger partial charge in [-0.25, -0.2) is 4.98 Å². The summed E-state index contributed by atoms with van der Waals surface area (Å²) in [5.74, 6) is -1.29. The van der Waals surface area contributed by atoms with Crippen molar-refractivity contribution in [3.8, 4) is 0 Å². The normalized spacial score (nSPS) is 20.9. The van der Waals surface area contributed by atoms with Crippen LogP contribution in [0.4, 0.5) is 4.39 Å². The van der Waals surface area contributed by atoms with Crippen LogP contribution in [0, 0.1) is 18.8 Å². The topological polar surface area (TPSA) is 55.1 Å². The number of carbonyl (C=O) groups is 1. The molecule has 0 saturated heterocycles. The Morgan fingerprint density at radius 1 is 1.55 bits per heavy atom. The van der Waals surface area contributed by atoms with Gasteiger partial charge in [0, 0.05) is 6.54 Å². The molecule has 0 spiro atoms. The van der Waals surface area contributed by atoms with Gasteiger partial charge in [-0.2, -0.15) is 4.39 Å². The minimum atomic E-state index is -0.715. The zero-order valence-corrected chi connectivity index (χ0v) is 11.1. The number of aliphatic carboxylic acids is 1. The molecule has 1 aromatic heterocycles. The molecular weight excluding hydrogens is 259 g/mol. The third-order valence-corrected chi connectivity index (χ3v) is 3.81. The Labute approximate surface area is 115 Å². The molecule has 104 valence electrons. The SMILES string of the molecule is Cc1cc(Cn2cnc(F)c2)ccc1[C@H]1C[C@@H]1C(=O)O. The zero-order valence-electron chi connectivity index (χ0n) is 11.1. The predicted octanol–water partition coefficient (Wildman–Crippen LogP) is 2.57. The van der Waals surface area contributed by atoms with E-state index in [1.54, 1.807) is 4.57 Å². The van der Waals surface area contributed by atoms with Crippen molar-refractivity contribution in [1.29, 1.82) is 0 Å². The van der Waals surface area contributed by atoms with Crippen LogP contribution in [-0.2, 0) is 11.3 Å². The van der Waals surface area contributed by atoms with E-state index in [1.807, 2.05) is 25.1 Å². The molecule has 20 heavy (non-hydrogen) atoms. The van der Waals surface area contributed by atoms with Crippen molar-refractivity contribution in [2.24, 2.45) is 5.92 Å². The van der Waals surface area contributed by atoms with E-state index in [9.17, 15) is 9.18 Å². The van der Waals surface area contributed by atoms with Gasteiger partial charge in [-0.15, -0.1) is 0 Å². The molecule has 1 aliphatic carbocycles. The molecule has 0 bridgehead atoms. The Bertz CT molecular complexity index is 666. The van der Waals surface area contributed by atoms with Crippen LogP contribution in [0.2, 0.25) is 0 Å². The Balaban J connectivity index is 1.76. The van der Waals surface area contributed by atoms with Crippen LogP contribution in [0.15, 0.2) is 30.7 Å². The van der Waals surface area contributed by atoms with Gasteiger partial charge in [0.15, 0.2) is 0 Å². The summed E-state index contributed by atoms with van der Waals surface area (Å²) < 4.78 is 14.5. The summed E-state index contributed by atoms with van der Waals surface area (Å²) in [5, 5.41) is 8.98. The maximum Gasteiger partial charge on any atom is 0.307 e. The number of hydrogen-bond acceptors (Lipinski definition) is 2. The van der Waals surface area contributed by atoms with Gasteiger partial charge >= 0.3 is 5.97 Å². The van der Waals surface area contributed by atoms with Crippen molar-refractivity contribution in [2.75, 3.05) is 0 Å². The second kappa shape index (κ2) is 4.74. The lowest BCUT2D eigenvalue weighted by Gasteiger charge is -2.08. The van der Waals surface area contributed by atoms with Crippen LogP contribution < -0.4 is 0 Å². The minimum absolute atomic E-state index is 0.146. The summed E-state index contributed by atoms with van der Waals surface area (Å²) in [7, 11) is 0. The van der Waals surface area contributed by atoms with Crippen molar-refractivity contribution >= 4 is 5.97 Å². The largest absolute Gasteiger partial charge is 0.481 e. The number of nitrogens with zero attached hydrogens (tertiary/aromatic N) is 2. The van der Waals surface area contributed by atoms with Crippen molar-refractivity contribution < 1.29 is 14.3 Å². The van der Waals surface area contributed by atoms with E-state index in [4.69, 9.17) is 5.11 Å². The van der Waals surface area contributed by atoms with Crippen LogP contribution >= 0.6 is 0 Å². The van der Waals surface area contributed by atoms with Gasteiger partial charge in [0.1, 0.15) is 0 Å². The fourth-order valence-electron chi connectivity index (χ4n) is 2.69. The molecule has 1 fully saturated rings. The van der Waals surface area contributed by atoms with Crippen molar-refractivity contribution in [2.45, 2.75) is 25.8 Å². The standard InChI is InChI=1S/C15H15FN2O2/c1-9-4-10(6-18-7-14(16)17-8-18)2-3-11(9)12-5-13(12)15(19)20/h2-4,7-8,12-13H,5-6H2,1H3,(H,19,20)/t12-,13+/m1/s1. The molecule has 1 N–H and O–H groups in total. The van der Waals surface area contributed by atoms with Gasteiger partial charge in [-0.05, 0) is 36.0 Å². The summed E-state index contributed by atoms with van der Waals surface area (Å²) >= 11 is 0. The maximum atomic E-state index is 12.8. The molecular formula is C15H15FN2O2. The fourth-order valence-corrected chi connectivity index (χ4v) is 2.69. The molecule has 2 aromatic rings. The number of rotatable bonds is 4. The first-order valence-corrected chi connectivity index (χ1v) is 6.54. The second-order valence-corrected chi connectivity index (χ2v) is 5.35. The molecule has 5 heteroatoms. The smallest absolute Gasteiger partial charge is 0.307 e. The first-order valence-electron chi connectivity index (χ1n) is 6.54. The number of benzene rings is 1. The highest BCUT2D eigenvalue weighted by Gasteiger charge is 2.44. The summed E-state index contributed by atoms with van der Waals surface area (Å²) in [4.78, 5) is 14.5. The lowest BCUT2D eigenvalue weighted by molar-refractivity contribution is -0.138. The molecule has 0 unspecified atom stereocenters. The first-order chi connectivity index (χ1) is 9.54. The number of halogens is 1. The van der Waals surface area contributed by atoms with E-state index >= 15 is 0 Å². The number of imidazole rings is 1. The summed E-state index contributed by atoms with van der Waals surface area (Å²) in [6.45, 7) is 2.55. The first kappa shape index (κ1) is 12.8. The quantitative estimate of drug-likeness (QED) is 0.932. The van der Waals surface area contributed by atoms with Gasteiger partial charge in [0.05, 0.1) is 18.4 Å². The van der Waals surface area contributed by atoms with Gasteiger partial charge in [-0.3, -0.25) is 4.79 Å². The highest BCUT2D eigenvalue weighted by Crippen LogP contribution is 2.48. The third-order valence-electron chi connectivity index (χ3n) is 3.81. The van der Waals surface area contributed by atoms with E-state index in [0.717, 1.165) is 23.1 Å². The number of carboxylic acids is 1. The average Bonchev–Trinajstić information content (AvgIpc) is 3.07. The average molecular weight is 274 g/mol. The summed E-state index contributed by atoms with van der Waals surface area (Å²) in [6.07, 6.45) is 3.53. The van der Waals surface area contributed by atoms with Crippen molar-refractivity contribution in [3.63, 3.8) is 0 Å². The third kappa shape index (κ3) is 2.43. The number of hydrogen-bond donors (Lipinski definition) is 1. The molecule has 1 aliphatic rings. The highest BCUT2D eigenvalue weighted by molar-refractivity contribution is 5.75. The van der Waals surface area contributed by atoms with Crippen LogP contribution in [0.1, 0.15) is 29.0 Å². The van der Waals surface area contributed by atoms with E-state index in [0.29, 0.717) is 6.54 Å². The van der Waals surface area contributed by atoms with Gasteiger partial charge < -0.3 is 9.67 Å². The van der Waals surface area contributed by atoms with Gasteiger partial charge in [0.2, 0.25) is 5.95 Å². The molecule has 0 aliphatic heterocycles. The van der Waals surface area contributed by atoms with Crippen molar-refractivity contribution in [1.82, 2.24) is 9.55 Å². The Morgan fingerprint density at radius 2 is 2.35 bits per heavy atom. The molecule has 3 rings (SSSR count). The summed E-state index contributed by atoms with van der Waals surface area (Å²) in [5.41, 5.74) is 3.26.